The molecule has 0 aromatic rings. The van der Waals surface area contributed by atoms with Crippen molar-refractivity contribution < 1.29 is 38.4 Å². The predicted octanol–water partition coefficient (Wildman–Crippen LogP) is 6.40. The number of rotatable bonds is 6. The van der Waals surface area contributed by atoms with Gasteiger partial charge in [-0.25, -0.2) is 0 Å². The highest BCUT2D eigenvalue weighted by atomic mass is 16.6. The number of hydrogen-bond acceptors (Lipinski definition) is 8. The topological polar surface area (TPSA) is 108 Å². The lowest BCUT2D eigenvalue weighted by Gasteiger charge is -2.70. The Hall–Kier alpha value is -1.67. The summed E-state index contributed by atoms with van der Waals surface area (Å²) >= 11 is 0. The van der Waals surface area contributed by atoms with Crippen LogP contribution in [0.25, 0.3) is 0 Å². The van der Waals surface area contributed by atoms with Crippen LogP contribution in [0, 0.1) is 45.3 Å². The van der Waals surface area contributed by atoms with Gasteiger partial charge in [-0.2, -0.15) is 0 Å². The molecule has 5 fully saturated rings. The number of fused-ring (bicyclic) bond motifs is 5. The smallest absolute Gasteiger partial charge is 0.317 e. The van der Waals surface area contributed by atoms with Crippen LogP contribution in [-0.2, 0) is 33.3 Å². The van der Waals surface area contributed by atoms with Crippen molar-refractivity contribution in [2.24, 2.45) is 45.3 Å². The van der Waals surface area contributed by atoms with E-state index in [1.54, 1.807) is 0 Å². The molecule has 1 aliphatic heterocycles. The van der Waals surface area contributed by atoms with Crippen LogP contribution in [0.2, 0.25) is 0 Å². The van der Waals surface area contributed by atoms with Crippen LogP contribution in [0.4, 0.5) is 0 Å². The zero-order valence-electron chi connectivity index (χ0n) is 28.9. The average molecular weight is 619 g/mol. The zero-order chi connectivity index (χ0) is 32.7. The molecule has 1 N–H and O–H groups in total. The minimum atomic E-state index is -0.898. The molecule has 0 bridgehead atoms. The highest BCUT2D eigenvalue weighted by Crippen LogP contribution is 2.76. The number of esters is 3. The number of ether oxygens (including phenoxy) is 4. The molecule has 250 valence electrons. The second-order valence-electron chi connectivity index (χ2n) is 17.2. The molecule has 0 spiro atoms. The first-order valence-electron chi connectivity index (χ1n) is 17.1. The van der Waals surface area contributed by atoms with Gasteiger partial charge in [0, 0.05) is 18.3 Å². The van der Waals surface area contributed by atoms with Gasteiger partial charge in [0.25, 0.3) is 0 Å². The Bertz CT molecular complexity index is 1160. The van der Waals surface area contributed by atoms with E-state index in [2.05, 4.69) is 46.3 Å². The van der Waals surface area contributed by atoms with E-state index < -0.39 is 17.5 Å². The Morgan fingerprint density at radius 2 is 1.50 bits per heavy atom. The van der Waals surface area contributed by atoms with E-state index in [9.17, 15) is 19.5 Å². The van der Waals surface area contributed by atoms with Crippen molar-refractivity contribution in [3.05, 3.63) is 0 Å². The van der Waals surface area contributed by atoms with Crippen LogP contribution in [-0.4, -0.2) is 59.6 Å². The summed E-state index contributed by atoms with van der Waals surface area (Å²) < 4.78 is 23.8. The molecular weight excluding hydrogens is 560 g/mol. The summed E-state index contributed by atoms with van der Waals surface area (Å²) in [5, 5.41) is 10.8. The number of hydrogen-bond donors (Lipinski definition) is 1. The minimum absolute atomic E-state index is 0.0218. The standard InChI is InChI=1S/C36H58O8/c1-21(37)42-23-19-25-33(6)15-13-26(43-29(39)20-28(38)41-10)31(2,3)24(33)12-17-34(25,7)35(8)16-11-22(30(23)35)36(9)18-14-27(44-36)32(4,5)40/h22-27,30,40H,11-20H2,1-10H3/t22-,23+,24-,25+,26+,27+,30-,33-,34+,35+,36-/m0/s1. The van der Waals surface area contributed by atoms with Crippen molar-refractivity contribution in [1.82, 2.24) is 0 Å². The van der Waals surface area contributed by atoms with Crippen LogP contribution in [0.5, 0.6) is 0 Å². The number of methoxy groups -OCH3 is 1. The quantitative estimate of drug-likeness (QED) is 0.207. The van der Waals surface area contributed by atoms with Gasteiger partial charge in [0.05, 0.1) is 24.4 Å². The fourth-order valence-electron chi connectivity index (χ4n) is 12.0. The third-order valence-electron chi connectivity index (χ3n) is 14.3. The molecule has 8 heteroatoms. The maximum atomic E-state index is 12.7. The van der Waals surface area contributed by atoms with E-state index >= 15 is 0 Å². The Kier molecular flexibility index (Phi) is 8.39. The molecular formula is C36H58O8. The van der Waals surface area contributed by atoms with Crippen LogP contribution >= 0.6 is 0 Å². The van der Waals surface area contributed by atoms with Gasteiger partial charge in [-0.05, 0) is 113 Å². The molecule has 4 saturated carbocycles. The fourth-order valence-corrected chi connectivity index (χ4v) is 12.0. The van der Waals surface area contributed by atoms with E-state index in [4.69, 9.17) is 14.2 Å². The van der Waals surface area contributed by atoms with Gasteiger partial charge in [-0.3, -0.25) is 14.4 Å². The normalized spacial score (nSPS) is 46.3. The summed E-state index contributed by atoms with van der Waals surface area (Å²) in [6.45, 7) is 19.3. The van der Waals surface area contributed by atoms with Gasteiger partial charge < -0.3 is 24.1 Å². The molecule has 44 heavy (non-hydrogen) atoms. The van der Waals surface area contributed by atoms with Crippen LogP contribution in [0.15, 0.2) is 0 Å². The van der Waals surface area contributed by atoms with Crippen molar-refractivity contribution in [1.29, 1.82) is 0 Å². The van der Waals surface area contributed by atoms with E-state index in [1.807, 2.05) is 13.8 Å². The summed E-state index contributed by atoms with van der Waals surface area (Å²) in [7, 11) is 1.28. The van der Waals surface area contributed by atoms with E-state index in [1.165, 1.54) is 14.0 Å². The molecule has 0 amide bonds. The van der Waals surface area contributed by atoms with E-state index in [0.29, 0.717) is 11.8 Å². The molecule has 0 radical (unpaired) electrons. The van der Waals surface area contributed by atoms with Crippen LogP contribution < -0.4 is 0 Å². The first-order valence-corrected chi connectivity index (χ1v) is 17.1. The average Bonchev–Trinajstić information content (AvgIpc) is 3.49. The lowest BCUT2D eigenvalue weighted by atomic mass is 9.35. The Balaban J connectivity index is 1.46. The molecule has 0 aromatic carbocycles. The summed E-state index contributed by atoms with van der Waals surface area (Å²) in [6, 6.07) is 0. The molecule has 1 saturated heterocycles. The van der Waals surface area contributed by atoms with Crippen molar-refractivity contribution in [3.8, 4) is 0 Å². The van der Waals surface area contributed by atoms with Crippen LogP contribution in [0.3, 0.4) is 0 Å². The lowest BCUT2D eigenvalue weighted by Crippen LogP contribution is -2.67. The zero-order valence-corrected chi connectivity index (χ0v) is 28.9. The summed E-state index contributed by atoms with van der Waals surface area (Å²) in [6.07, 6.45) is 7.40. The van der Waals surface area contributed by atoms with Crippen molar-refractivity contribution in [3.63, 3.8) is 0 Å². The van der Waals surface area contributed by atoms with E-state index in [-0.39, 0.29) is 69.8 Å². The largest absolute Gasteiger partial charge is 0.469 e. The molecule has 8 nitrogen and oxygen atoms in total. The van der Waals surface area contributed by atoms with Gasteiger partial charge in [0.2, 0.25) is 0 Å². The van der Waals surface area contributed by atoms with Crippen molar-refractivity contribution in [2.45, 2.75) is 156 Å². The first-order chi connectivity index (χ1) is 20.2. The molecule has 0 unspecified atom stereocenters. The number of aliphatic hydroxyl groups is 1. The van der Waals surface area contributed by atoms with Gasteiger partial charge in [0.15, 0.2) is 0 Å². The molecule has 5 rings (SSSR count). The van der Waals surface area contributed by atoms with Gasteiger partial charge in [-0.1, -0.05) is 34.6 Å². The Labute approximate surface area is 264 Å². The molecule has 5 aliphatic rings. The Morgan fingerprint density at radius 1 is 0.841 bits per heavy atom. The minimum Gasteiger partial charge on any atom is -0.469 e. The summed E-state index contributed by atoms with van der Waals surface area (Å²) in [4.78, 5) is 37.1. The fraction of sp³-hybridized carbons (Fsp3) is 0.917. The highest BCUT2D eigenvalue weighted by Gasteiger charge is 2.72. The maximum absolute atomic E-state index is 12.7. The lowest BCUT2D eigenvalue weighted by molar-refractivity contribution is -0.254. The third-order valence-corrected chi connectivity index (χ3v) is 14.3. The number of carbonyl (C=O) groups is 3. The third kappa shape index (κ3) is 5.12. The summed E-state index contributed by atoms with van der Waals surface area (Å²) in [5.74, 6) is -0.241. The molecule has 1 heterocycles. The molecule has 0 aromatic heterocycles. The van der Waals surface area contributed by atoms with E-state index in [0.717, 1.165) is 57.8 Å². The van der Waals surface area contributed by atoms with Gasteiger partial charge in [0.1, 0.15) is 18.6 Å². The monoisotopic (exact) mass is 618 g/mol. The maximum Gasteiger partial charge on any atom is 0.317 e. The van der Waals surface area contributed by atoms with Gasteiger partial charge in [-0.15, -0.1) is 0 Å². The Morgan fingerprint density at radius 3 is 2.09 bits per heavy atom. The molecule has 4 aliphatic carbocycles. The SMILES string of the molecule is COC(=O)CC(=O)O[C@@H]1CC[C@]2(C)[C@H]3C[C@@H](OC(C)=O)[C@@H]4[C@@H]([C@]5(C)CC[C@H](C(C)(C)O)O5)CC[C@@]4(C)[C@]3(C)CC[C@H]2C1(C)C. The van der Waals surface area contributed by atoms with Crippen LogP contribution in [0.1, 0.15) is 127 Å². The first kappa shape index (κ1) is 33.7. The second kappa shape index (κ2) is 11.0. The van der Waals surface area contributed by atoms with Crippen molar-refractivity contribution >= 4 is 17.9 Å². The highest BCUT2D eigenvalue weighted by molar-refractivity contribution is 5.91. The second-order valence-corrected chi connectivity index (χ2v) is 17.2. The number of carbonyl (C=O) groups excluding carboxylic acids is 3. The molecule has 11 atom stereocenters. The summed E-state index contributed by atoms with van der Waals surface area (Å²) in [5.41, 5.74) is -1.56. The van der Waals surface area contributed by atoms with Gasteiger partial charge >= 0.3 is 17.9 Å². The predicted molar refractivity (Wildman–Crippen MR) is 165 cm³/mol. The van der Waals surface area contributed by atoms with Crippen molar-refractivity contribution in [2.75, 3.05) is 7.11 Å².